The Hall–Kier alpha value is -1.18. The van der Waals surface area contributed by atoms with E-state index in [2.05, 4.69) is 10.0 Å². The van der Waals surface area contributed by atoms with E-state index in [0.717, 1.165) is 6.07 Å². The number of amides is 1. The average molecular weight is 337 g/mol. The topological polar surface area (TPSA) is 75.3 Å². The molecule has 0 saturated heterocycles. The Morgan fingerprint density at radius 3 is 2.48 bits per heavy atom. The van der Waals surface area contributed by atoms with Crippen molar-refractivity contribution in [2.24, 2.45) is 0 Å². The molecule has 0 fully saturated rings. The van der Waals surface area contributed by atoms with Crippen molar-refractivity contribution < 1.29 is 17.6 Å². The maximum Gasteiger partial charge on any atom is 0.245 e. The van der Waals surface area contributed by atoms with Gasteiger partial charge in [-0.2, -0.15) is 0 Å². The van der Waals surface area contributed by atoms with Crippen LogP contribution in [0.4, 0.5) is 4.39 Å². The fraction of sp³-hybridized carbons (Fsp3) is 0.462. The van der Waals surface area contributed by atoms with Gasteiger partial charge in [-0.15, -0.1) is 0 Å². The smallest absolute Gasteiger partial charge is 0.245 e. The Morgan fingerprint density at radius 1 is 1.33 bits per heavy atom. The molecule has 0 bridgehead atoms. The first-order valence-corrected chi connectivity index (χ1v) is 8.25. The van der Waals surface area contributed by atoms with E-state index < -0.39 is 26.8 Å². The van der Waals surface area contributed by atoms with Gasteiger partial charge in [0.05, 0.1) is 5.02 Å². The first-order chi connectivity index (χ1) is 9.63. The zero-order valence-corrected chi connectivity index (χ0v) is 13.6. The number of carbonyl (C=O) groups is 1. The highest BCUT2D eigenvalue weighted by Crippen LogP contribution is 2.24. The lowest BCUT2D eigenvalue weighted by Crippen LogP contribution is -2.39. The summed E-state index contributed by atoms with van der Waals surface area (Å²) in [6.07, 6.45) is -0.0521. The summed E-state index contributed by atoms with van der Waals surface area (Å²) in [6, 6.07) is 2.88. The number of hydrogen-bond acceptors (Lipinski definition) is 3. The zero-order chi connectivity index (χ0) is 16.2. The number of carbonyl (C=O) groups excluding carboxylic acids is 1. The van der Waals surface area contributed by atoms with Crippen molar-refractivity contribution >= 4 is 27.5 Å². The SMILES string of the molecule is CC(C)NC(=O)C[C@@H](C)NS(=O)(=O)c1c(F)cccc1Cl. The molecule has 0 unspecified atom stereocenters. The van der Waals surface area contributed by atoms with Crippen molar-refractivity contribution in [3.8, 4) is 0 Å². The number of halogens is 2. The molecule has 118 valence electrons. The third-order valence-corrected chi connectivity index (χ3v) is 4.58. The first-order valence-electron chi connectivity index (χ1n) is 6.39. The van der Waals surface area contributed by atoms with Crippen LogP contribution in [-0.2, 0) is 14.8 Å². The van der Waals surface area contributed by atoms with Crippen LogP contribution in [0.3, 0.4) is 0 Å². The fourth-order valence-electron chi connectivity index (χ4n) is 1.76. The second kappa shape index (κ2) is 7.20. The predicted molar refractivity (Wildman–Crippen MR) is 79.1 cm³/mol. The third-order valence-electron chi connectivity index (χ3n) is 2.49. The van der Waals surface area contributed by atoms with E-state index in [4.69, 9.17) is 11.6 Å². The number of hydrogen-bond donors (Lipinski definition) is 2. The minimum atomic E-state index is -4.13. The van der Waals surface area contributed by atoms with Gasteiger partial charge in [-0.05, 0) is 32.9 Å². The number of sulfonamides is 1. The van der Waals surface area contributed by atoms with E-state index in [1.165, 1.54) is 19.1 Å². The highest BCUT2D eigenvalue weighted by molar-refractivity contribution is 7.89. The lowest BCUT2D eigenvalue weighted by Gasteiger charge is -2.16. The second-order valence-electron chi connectivity index (χ2n) is 5.00. The molecule has 0 aliphatic rings. The molecule has 2 N–H and O–H groups in total. The van der Waals surface area contributed by atoms with Crippen LogP contribution in [0.15, 0.2) is 23.1 Å². The lowest BCUT2D eigenvalue weighted by molar-refractivity contribution is -0.121. The highest BCUT2D eigenvalue weighted by atomic mass is 35.5. The molecule has 8 heteroatoms. The van der Waals surface area contributed by atoms with Gasteiger partial charge >= 0.3 is 0 Å². The van der Waals surface area contributed by atoms with Gasteiger partial charge in [0.15, 0.2) is 0 Å². The van der Waals surface area contributed by atoms with Gasteiger partial charge in [-0.25, -0.2) is 17.5 Å². The summed E-state index contributed by atoms with van der Waals surface area (Å²) in [5.74, 6) is -1.23. The van der Waals surface area contributed by atoms with Crippen LogP contribution in [0.2, 0.25) is 5.02 Å². The van der Waals surface area contributed by atoms with Crippen LogP contribution in [-0.4, -0.2) is 26.4 Å². The Balaban J connectivity index is 2.84. The predicted octanol–water partition coefficient (Wildman–Crippen LogP) is 2.06. The molecular weight excluding hydrogens is 319 g/mol. The molecule has 0 heterocycles. The maximum atomic E-state index is 13.6. The molecule has 1 amide bonds. The largest absolute Gasteiger partial charge is 0.354 e. The van der Waals surface area contributed by atoms with Gasteiger partial charge in [0, 0.05) is 18.5 Å². The molecule has 21 heavy (non-hydrogen) atoms. The lowest BCUT2D eigenvalue weighted by atomic mass is 10.2. The van der Waals surface area contributed by atoms with Crippen LogP contribution in [0.5, 0.6) is 0 Å². The van der Waals surface area contributed by atoms with Crippen molar-refractivity contribution in [1.82, 2.24) is 10.0 Å². The molecule has 0 aliphatic heterocycles. The van der Waals surface area contributed by atoms with Crippen molar-refractivity contribution in [2.75, 3.05) is 0 Å². The average Bonchev–Trinajstić information content (AvgIpc) is 2.24. The van der Waals surface area contributed by atoms with Crippen molar-refractivity contribution in [2.45, 2.75) is 44.2 Å². The summed E-state index contributed by atoms with van der Waals surface area (Å²) in [5, 5.41) is 2.44. The van der Waals surface area contributed by atoms with Crippen LogP contribution in [0.25, 0.3) is 0 Å². The highest BCUT2D eigenvalue weighted by Gasteiger charge is 2.25. The molecule has 0 aliphatic carbocycles. The Morgan fingerprint density at radius 2 is 1.95 bits per heavy atom. The van der Waals surface area contributed by atoms with Gasteiger partial charge in [0.2, 0.25) is 15.9 Å². The first kappa shape index (κ1) is 17.9. The van der Waals surface area contributed by atoms with Crippen molar-refractivity contribution in [1.29, 1.82) is 0 Å². The van der Waals surface area contributed by atoms with E-state index in [0.29, 0.717) is 0 Å². The Kier molecular flexibility index (Phi) is 6.12. The molecule has 5 nitrogen and oxygen atoms in total. The van der Waals surface area contributed by atoms with E-state index in [1.54, 1.807) is 13.8 Å². The second-order valence-corrected chi connectivity index (χ2v) is 7.06. The third kappa shape index (κ3) is 5.26. The number of rotatable bonds is 6. The van der Waals surface area contributed by atoms with Crippen LogP contribution in [0.1, 0.15) is 27.2 Å². The van der Waals surface area contributed by atoms with Gasteiger partial charge in [0.1, 0.15) is 10.7 Å². The van der Waals surface area contributed by atoms with Gasteiger partial charge in [-0.1, -0.05) is 17.7 Å². The van der Waals surface area contributed by atoms with E-state index >= 15 is 0 Å². The summed E-state index contributed by atoms with van der Waals surface area (Å²) in [6.45, 7) is 5.12. The molecular formula is C13H18ClFN2O3S. The maximum absolute atomic E-state index is 13.6. The molecule has 1 aromatic carbocycles. The van der Waals surface area contributed by atoms with Gasteiger partial charge < -0.3 is 5.32 Å². The van der Waals surface area contributed by atoms with Crippen molar-refractivity contribution in [3.63, 3.8) is 0 Å². The Labute approximate surface area is 128 Å². The summed E-state index contributed by atoms with van der Waals surface area (Å²) in [5.41, 5.74) is 0. The van der Waals surface area contributed by atoms with Crippen LogP contribution < -0.4 is 10.0 Å². The minimum Gasteiger partial charge on any atom is -0.354 e. The number of nitrogens with one attached hydrogen (secondary N) is 2. The van der Waals surface area contributed by atoms with Crippen LogP contribution >= 0.6 is 11.6 Å². The quantitative estimate of drug-likeness (QED) is 0.835. The Bertz CT molecular complexity index is 600. The monoisotopic (exact) mass is 336 g/mol. The van der Waals surface area contributed by atoms with Crippen molar-refractivity contribution in [3.05, 3.63) is 29.0 Å². The van der Waals surface area contributed by atoms with E-state index in [-0.39, 0.29) is 23.4 Å². The fourth-order valence-corrected chi connectivity index (χ4v) is 3.61. The molecule has 1 atom stereocenters. The molecule has 0 spiro atoms. The molecule has 1 aromatic rings. The summed E-state index contributed by atoms with van der Waals surface area (Å²) in [7, 11) is -4.13. The molecule has 0 radical (unpaired) electrons. The molecule has 1 rings (SSSR count). The summed E-state index contributed by atoms with van der Waals surface area (Å²) < 4.78 is 40.1. The summed E-state index contributed by atoms with van der Waals surface area (Å²) in [4.78, 5) is 11.0. The van der Waals surface area contributed by atoms with Crippen LogP contribution in [0, 0.1) is 5.82 Å². The zero-order valence-electron chi connectivity index (χ0n) is 12.0. The van der Waals surface area contributed by atoms with Gasteiger partial charge in [0.25, 0.3) is 0 Å². The summed E-state index contributed by atoms with van der Waals surface area (Å²) >= 11 is 5.73. The number of benzene rings is 1. The molecule has 0 saturated carbocycles. The van der Waals surface area contributed by atoms with Gasteiger partial charge in [-0.3, -0.25) is 4.79 Å². The van der Waals surface area contributed by atoms with E-state index in [1.807, 2.05) is 0 Å². The molecule has 0 aromatic heterocycles. The minimum absolute atomic E-state index is 0.0395. The normalized spacial score (nSPS) is 13.2. The standard InChI is InChI=1S/C13H18ClFN2O3S/c1-8(2)16-12(18)7-9(3)17-21(19,20)13-10(14)5-4-6-11(13)15/h4-6,8-9,17H,7H2,1-3H3,(H,16,18)/t9-/m1/s1. The van der Waals surface area contributed by atoms with E-state index in [9.17, 15) is 17.6 Å².